The lowest BCUT2D eigenvalue weighted by molar-refractivity contribution is 0.520. The summed E-state index contributed by atoms with van der Waals surface area (Å²) in [5, 5.41) is 2.26. The maximum absolute atomic E-state index is 6.91. The summed E-state index contributed by atoms with van der Waals surface area (Å²) in [4.78, 5) is 5.28. The molecule has 2 aliphatic carbocycles. The van der Waals surface area contributed by atoms with Gasteiger partial charge in [-0.2, -0.15) is 0 Å². The normalized spacial score (nSPS) is 16.9. The second-order valence-electron chi connectivity index (χ2n) is 25.5. The van der Waals surface area contributed by atoms with Crippen molar-refractivity contribution < 1.29 is 4.42 Å². The second-order valence-corrected chi connectivity index (χ2v) is 25.5. The zero-order valence-corrected chi connectivity index (χ0v) is 45.6. The van der Waals surface area contributed by atoms with Crippen LogP contribution in [-0.4, -0.2) is 6.71 Å². The second kappa shape index (κ2) is 15.3. The van der Waals surface area contributed by atoms with Gasteiger partial charge in [-0.25, -0.2) is 0 Å². The molecule has 4 heteroatoms. The molecule has 0 amide bonds. The molecule has 1 aromatic heterocycles. The molecular formula is C71H65BN2O. The van der Waals surface area contributed by atoms with Crippen LogP contribution in [0.5, 0.6) is 0 Å². The Morgan fingerprint density at radius 1 is 0.400 bits per heavy atom. The average Bonchev–Trinajstić information content (AvgIpc) is 3.87. The van der Waals surface area contributed by atoms with Gasteiger partial charge in [0.25, 0.3) is 6.71 Å². The Morgan fingerprint density at radius 2 is 0.920 bits per heavy atom. The van der Waals surface area contributed by atoms with Crippen molar-refractivity contribution >= 4 is 79.2 Å². The molecule has 0 saturated carbocycles. The van der Waals surface area contributed by atoms with Crippen LogP contribution in [0, 0.1) is 6.92 Å². The van der Waals surface area contributed by atoms with Gasteiger partial charge in [-0.3, -0.25) is 0 Å². The number of nitrogens with zero attached hydrogens (tertiary/aromatic N) is 2. The number of anilines is 6. The van der Waals surface area contributed by atoms with Crippen LogP contribution in [0.3, 0.4) is 0 Å². The summed E-state index contributed by atoms with van der Waals surface area (Å²) in [7, 11) is 0. The predicted molar refractivity (Wildman–Crippen MR) is 318 cm³/mol. The Labute approximate surface area is 444 Å². The monoisotopic (exact) mass is 973 g/mol. The standard InChI is InChI=1S/C71H65BN2O/c1-42-34-62-66-63(35-42)74(59-33-30-44(67(2,3)4)36-47(59)43-22-14-13-15-23-43)60-38-48-46-24-16-21-29-64(46)75-65(48)41-58(60)72(66)57-39-55-56(71(11,12)52-28-20-19-27-51(52)70(55,9)10)40-61(57)73(62)45-31-32-53-54(37-45)69(7,8)50-26-18-17-25-49(50)68(53,5)6/h13-41H,1-12H3. The van der Waals surface area contributed by atoms with Gasteiger partial charge in [0.1, 0.15) is 11.2 Å². The number of hydrogen-bond donors (Lipinski definition) is 0. The molecule has 0 spiro atoms. The van der Waals surface area contributed by atoms with Gasteiger partial charge in [0.05, 0.1) is 5.69 Å². The Kier molecular flexibility index (Phi) is 9.38. The molecule has 0 bridgehead atoms. The molecule has 10 aromatic rings. The van der Waals surface area contributed by atoms with Crippen molar-refractivity contribution in [2.24, 2.45) is 0 Å². The first-order valence-corrected chi connectivity index (χ1v) is 27.2. The van der Waals surface area contributed by atoms with Crippen molar-refractivity contribution in [3.05, 3.63) is 232 Å². The van der Waals surface area contributed by atoms with Crippen LogP contribution in [0.25, 0.3) is 33.1 Å². The molecule has 0 unspecified atom stereocenters. The smallest absolute Gasteiger partial charge is 0.252 e. The van der Waals surface area contributed by atoms with Crippen molar-refractivity contribution in [1.82, 2.24) is 0 Å². The first-order valence-electron chi connectivity index (χ1n) is 27.2. The number of para-hydroxylation sites is 1. The first-order chi connectivity index (χ1) is 35.8. The maximum atomic E-state index is 6.91. The highest BCUT2D eigenvalue weighted by molar-refractivity contribution is 7.00. The molecule has 9 aromatic carbocycles. The van der Waals surface area contributed by atoms with Crippen molar-refractivity contribution in [2.45, 2.75) is 110 Å². The highest BCUT2D eigenvalue weighted by Gasteiger charge is 2.49. The number of benzene rings is 9. The van der Waals surface area contributed by atoms with Crippen LogP contribution >= 0.6 is 0 Å². The Morgan fingerprint density at radius 3 is 1.56 bits per heavy atom. The minimum atomic E-state index is -0.252. The van der Waals surface area contributed by atoms with E-state index in [1.54, 1.807) is 0 Å². The van der Waals surface area contributed by atoms with Gasteiger partial charge in [0.2, 0.25) is 0 Å². The van der Waals surface area contributed by atoms with Crippen molar-refractivity contribution in [2.75, 3.05) is 9.80 Å². The molecule has 3 heterocycles. The van der Waals surface area contributed by atoms with Crippen LogP contribution in [0.4, 0.5) is 34.1 Å². The summed E-state index contributed by atoms with van der Waals surface area (Å²) >= 11 is 0. The van der Waals surface area contributed by atoms with E-state index in [0.717, 1.165) is 27.6 Å². The first kappa shape index (κ1) is 46.0. The fraction of sp³-hybridized carbons (Fsp3) is 0.239. The molecule has 0 atom stereocenters. The van der Waals surface area contributed by atoms with Crippen LogP contribution in [0.15, 0.2) is 180 Å². The molecule has 368 valence electrons. The molecule has 2 aliphatic heterocycles. The molecule has 3 nitrogen and oxygen atoms in total. The van der Waals surface area contributed by atoms with Gasteiger partial charge in [-0.15, -0.1) is 0 Å². The number of aryl methyl sites for hydroxylation is 1. The van der Waals surface area contributed by atoms with Gasteiger partial charge < -0.3 is 14.2 Å². The zero-order chi connectivity index (χ0) is 51.9. The van der Waals surface area contributed by atoms with Gasteiger partial charge in [0, 0.05) is 66.4 Å². The third-order valence-corrected chi connectivity index (χ3v) is 18.5. The van der Waals surface area contributed by atoms with E-state index < -0.39 is 0 Å². The summed E-state index contributed by atoms with van der Waals surface area (Å²) < 4.78 is 6.91. The third-order valence-electron chi connectivity index (χ3n) is 18.5. The topological polar surface area (TPSA) is 19.6 Å². The number of rotatable bonds is 3. The predicted octanol–water partition coefficient (Wildman–Crippen LogP) is 16.9. The number of furan rings is 1. The van der Waals surface area contributed by atoms with E-state index in [2.05, 4.69) is 269 Å². The van der Waals surface area contributed by atoms with Crippen LogP contribution < -0.4 is 26.2 Å². The van der Waals surface area contributed by atoms with E-state index in [9.17, 15) is 0 Å². The molecular weight excluding hydrogens is 908 g/mol. The SMILES string of the molecule is Cc1cc2c3c(c1)N(c1ccc(C(C)(C)C)cc1-c1ccccc1)c1cc4c(cc1B3c1cc3c(cc1N2c1ccc2c(c1)C(C)(C)c1ccccc1C2(C)C)C(C)(C)c1ccccc1C3(C)C)oc1ccccc14. The molecule has 0 fully saturated rings. The number of fused-ring (bicyclic) bond motifs is 11. The minimum absolute atomic E-state index is 0.0513. The molecule has 14 rings (SSSR count). The lowest BCUT2D eigenvalue weighted by atomic mass is 9.33. The Hall–Kier alpha value is -7.56. The fourth-order valence-corrected chi connectivity index (χ4v) is 14.5. The lowest BCUT2D eigenvalue weighted by Crippen LogP contribution is -2.62. The minimum Gasteiger partial charge on any atom is -0.456 e. The van der Waals surface area contributed by atoms with E-state index in [4.69, 9.17) is 4.42 Å². The summed E-state index contributed by atoms with van der Waals surface area (Å²) in [6, 6.07) is 67.6. The van der Waals surface area contributed by atoms with Crippen LogP contribution in [-0.2, 0) is 27.1 Å². The summed E-state index contributed by atoms with van der Waals surface area (Å²) in [6.45, 7) is 28.6. The zero-order valence-electron chi connectivity index (χ0n) is 45.6. The fourth-order valence-electron chi connectivity index (χ4n) is 14.5. The van der Waals surface area contributed by atoms with Crippen LogP contribution in [0.2, 0.25) is 0 Å². The van der Waals surface area contributed by atoms with E-state index in [-0.39, 0.29) is 33.8 Å². The highest BCUT2D eigenvalue weighted by Crippen LogP contribution is 2.56. The number of hydrogen-bond acceptors (Lipinski definition) is 3. The van der Waals surface area contributed by atoms with Gasteiger partial charge >= 0.3 is 0 Å². The quantitative estimate of drug-likeness (QED) is 0.165. The van der Waals surface area contributed by atoms with E-state index in [1.165, 1.54) is 112 Å². The summed E-state index contributed by atoms with van der Waals surface area (Å²) in [5.74, 6) is 0. The van der Waals surface area contributed by atoms with E-state index >= 15 is 0 Å². The third kappa shape index (κ3) is 6.29. The molecule has 0 radical (unpaired) electrons. The molecule has 75 heavy (non-hydrogen) atoms. The molecule has 4 aliphatic rings. The summed E-state index contributed by atoms with van der Waals surface area (Å²) in [5.41, 5.74) is 28.0. The molecule has 0 N–H and O–H groups in total. The Balaban J connectivity index is 1.12. The van der Waals surface area contributed by atoms with E-state index in [0.29, 0.717) is 0 Å². The lowest BCUT2D eigenvalue weighted by Gasteiger charge is -2.48. The van der Waals surface area contributed by atoms with Crippen molar-refractivity contribution in [1.29, 1.82) is 0 Å². The van der Waals surface area contributed by atoms with E-state index in [1.807, 2.05) is 0 Å². The van der Waals surface area contributed by atoms with Gasteiger partial charge in [-0.1, -0.05) is 191 Å². The maximum Gasteiger partial charge on any atom is 0.252 e. The largest absolute Gasteiger partial charge is 0.456 e. The Bertz CT molecular complexity index is 4090. The van der Waals surface area contributed by atoms with Crippen molar-refractivity contribution in [3.63, 3.8) is 0 Å². The van der Waals surface area contributed by atoms with Crippen LogP contribution in [0.1, 0.15) is 132 Å². The summed E-state index contributed by atoms with van der Waals surface area (Å²) in [6.07, 6.45) is 0. The van der Waals surface area contributed by atoms with Crippen molar-refractivity contribution in [3.8, 4) is 11.1 Å². The highest BCUT2D eigenvalue weighted by atomic mass is 16.3. The molecule has 0 saturated heterocycles. The average molecular weight is 973 g/mol. The van der Waals surface area contributed by atoms with Gasteiger partial charge in [0.15, 0.2) is 0 Å². The van der Waals surface area contributed by atoms with Gasteiger partial charge in [-0.05, 0) is 151 Å².